The van der Waals surface area contributed by atoms with Gasteiger partial charge in [0.25, 0.3) is 0 Å². The van der Waals surface area contributed by atoms with Crippen LogP contribution >= 0.6 is 0 Å². The molecule has 3 nitrogen and oxygen atoms in total. The van der Waals surface area contributed by atoms with Gasteiger partial charge in [0.2, 0.25) is 0 Å². The fourth-order valence-corrected chi connectivity index (χ4v) is 2.72. The first-order chi connectivity index (χ1) is 6.24. The minimum atomic E-state index is -0.951. The third kappa shape index (κ3) is 2.47. The van der Waals surface area contributed by atoms with Gasteiger partial charge in [-0.1, -0.05) is 13.8 Å². The van der Waals surface area contributed by atoms with Crippen molar-refractivity contribution in [1.82, 2.24) is 0 Å². The minimum absolute atomic E-state index is 0.360. The van der Waals surface area contributed by atoms with Gasteiger partial charge < -0.3 is 15.3 Å². The molecule has 1 aliphatic carbocycles. The average Bonchev–Trinajstić information content (AvgIpc) is 2.00. The Morgan fingerprint density at radius 3 is 1.50 bits per heavy atom. The van der Waals surface area contributed by atoms with Crippen LogP contribution in [0.15, 0.2) is 0 Å². The SMILES string of the molecule is CCC1(O)CC(C)(O)CC(O)(CC)C1. The molecule has 1 aliphatic rings. The van der Waals surface area contributed by atoms with Crippen LogP contribution in [0, 0.1) is 0 Å². The van der Waals surface area contributed by atoms with Gasteiger partial charge in [0.1, 0.15) is 0 Å². The summed E-state index contributed by atoms with van der Waals surface area (Å²) in [6, 6.07) is 0. The van der Waals surface area contributed by atoms with Crippen molar-refractivity contribution >= 4 is 0 Å². The van der Waals surface area contributed by atoms with E-state index in [4.69, 9.17) is 0 Å². The van der Waals surface area contributed by atoms with Crippen LogP contribution in [0.25, 0.3) is 0 Å². The first-order valence-corrected chi connectivity index (χ1v) is 5.41. The van der Waals surface area contributed by atoms with Crippen molar-refractivity contribution in [2.75, 3.05) is 0 Å². The Morgan fingerprint density at radius 1 is 0.857 bits per heavy atom. The molecule has 84 valence electrons. The van der Waals surface area contributed by atoms with Crippen LogP contribution in [0.5, 0.6) is 0 Å². The van der Waals surface area contributed by atoms with Crippen molar-refractivity contribution in [3.05, 3.63) is 0 Å². The number of hydrogen-bond donors (Lipinski definition) is 3. The molecule has 1 fully saturated rings. The topological polar surface area (TPSA) is 60.7 Å². The maximum absolute atomic E-state index is 10.2. The van der Waals surface area contributed by atoms with Crippen molar-refractivity contribution in [3.8, 4) is 0 Å². The maximum Gasteiger partial charge on any atom is 0.0699 e. The third-order valence-electron chi connectivity index (χ3n) is 3.39. The lowest BCUT2D eigenvalue weighted by molar-refractivity contribution is -0.174. The van der Waals surface area contributed by atoms with Crippen LogP contribution in [0.2, 0.25) is 0 Å². The smallest absolute Gasteiger partial charge is 0.0699 e. The first kappa shape index (κ1) is 12.0. The summed E-state index contributed by atoms with van der Waals surface area (Å²) < 4.78 is 0. The molecule has 0 aromatic carbocycles. The molecule has 1 saturated carbocycles. The molecule has 0 radical (unpaired) electrons. The van der Waals surface area contributed by atoms with Crippen molar-refractivity contribution in [1.29, 1.82) is 0 Å². The van der Waals surface area contributed by atoms with Gasteiger partial charge in [-0.3, -0.25) is 0 Å². The van der Waals surface area contributed by atoms with Crippen LogP contribution in [0.1, 0.15) is 52.9 Å². The van der Waals surface area contributed by atoms with Crippen LogP contribution < -0.4 is 0 Å². The summed E-state index contributed by atoms with van der Waals surface area (Å²) in [6.07, 6.45) is 2.25. The Labute approximate surface area is 85.8 Å². The third-order valence-corrected chi connectivity index (χ3v) is 3.39. The highest BCUT2D eigenvalue weighted by Crippen LogP contribution is 2.43. The van der Waals surface area contributed by atoms with Gasteiger partial charge in [-0.15, -0.1) is 0 Å². The monoisotopic (exact) mass is 202 g/mol. The lowest BCUT2D eigenvalue weighted by atomic mass is 9.66. The molecule has 14 heavy (non-hydrogen) atoms. The fourth-order valence-electron chi connectivity index (χ4n) is 2.72. The molecule has 0 aromatic heterocycles. The van der Waals surface area contributed by atoms with E-state index in [0.29, 0.717) is 32.1 Å². The van der Waals surface area contributed by atoms with Gasteiger partial charge in [0, 0.05) is 19.3 Å². The van der Waals surface area contributed by atoms with Crippen molar-refractivity contribution in [2.45, 2.75) is 69.7 Å². The van der Waals surface area contributed by atoms with E-state index < -0.39 is 16.8 Å². The van der Waals surface area contributed by atoms with E-state index in [1.165, 1.54) is 0 Å². The minimum Gasteiger partial charge on any atom is -0.390 e. The Bertz CT molecular complexity index is 195. The zero-order valence-electron chi connectivity index (χ0n) is 9.38. The van der Waals surface area contributed by atoms with Crippen molar-refractivity contribution in [3.63, 3.8) is 0 Å². The molecule has 0 aromatic rings. The highest BCUT2D eigenvalue weighted by molar-refractivity contribution is 5.02. The van der Waals surface area contributed by atoms with Crippen LogP contribution in [-0.2, 0) is 0 Å². The van der Waals surface area contributed by atoms with Crippen LogP contribution in [0.4, 0.5) is 0 Å². The Hall–Kier alpha value is -0.120. The summed E-state index contributed by atoms with van der Waals surface area (Å²) in [7, 11) is 0. The van der Waals surface area contributed by atoms with E-state index in [0.717, 1.165) is 0 Å². The summed E-state index contributed by atoms with van der Waals surface area (Å²) in [5.74, 6) is 0. The molecule has 2 atom stereocenters. The van der Waals surface area contributed by atoms with E-state index >= 15 is 0 Å². The number of hydrogen-bond acceptors (Lipinski definition) is 3. The molecule has 0 aliphatic heterocycles. The first-order valence-electron chi connectivity index (χ1n) is 5.41. The average molecular weight is 202 g/mol. The second-order valence-electron chi connectivity index (χ2n) is 5.18. The zero-order valence-corrected chi connectivity index (χ0v) is 9.38. The molecule has 0 amide bonds. The second kappa shape index (κ2) is 3.47. The van der Waals surface area contributed by atoms with Gasteiger partial charge in [0.05, 0.1) is 16.8 Å². The Balaban J connectivity index is 2.88. The molecular formula is C11H22O3. The van der Waals surface area contributed by atoms with Gasteiger partial charge in [0.15, 0.2) is 0 Å². The summed E-state index contributed by atoms with van der Waals surface area (Å²) in [5, 5.41) is 30.3. The maximum atomic E-state index is 10.2. The van der Waals surface area contributed by atoms with E-state index in [-0.39, 0.29) is 0 Å². The predicted molar refractivity (Wildman–Crippen MR) is 55.0 cm³/mol. The van der Waals surface area contributed by atoms with Crippen molar-refractivity contribution in [2.24, 2.45) is 0 Å². The number of aliphatic hydroxyl groups is 3. The Morgan fingerprint density at radius 2 is 1.21 bits per heavy atom. The van der Waals surface area contributed by atoms with Crippen LogP contribution in [0.3, 0.4) is 0 Å². The lowest BCUT2D eigenvalue weighted by Crippen LogP contribution is -2.54. The molecule has 2 unspecified atom stereocenters. The van der Waals surface area contributed by atoms with Crippen LogP contribution in [-0.4, -0.2) is 32.1 Å². The van der Waals surface area contributed by atoms with E-state index in [2.05, 4.69) is 0 Å². The molecular weight excluding hydrogens is 180 g/mol. The summed E-state index contributed by atoms with van der Waals surface area (Å²) >= 11 is 0. The molecule has 0 spiro atoms. The van der Waals surface area contributed by atoms with Gasteiger partial charge in [-0.25, -0.2) is 0 Å². The number of rotatable bonds is 2. The summed E-state index contributed by atoms with van der Waals surface area (Å²) in [5.41, 5.74) is -2.77. The summed E-state index contributed by atoms with van der Waals surface area (Å²) in [6.45, 7) is 5.46. The molecule has 3 N–H and O–H groups in total. The highest BCUT2D eigenvalue weighted by atomic mass is 16.3. The molecule has 0 saturated heterocycles. The van der Waals surface area contributed by atoms with Gasteiger partial charge in [-0.2, -0.15) is 0 Å². The van der Waals surface area contributed by atoms with Gasteiger partial charge >= 0.3 is 0 Å². The molecule has 0 bridgehead atoms. The molecule has 1 rings (SSSR count). The van der Waals surface area contributed by atoms with E-state index in [1.807, 2.05) is 13.8 Å². The molecule has 3 heteroatoms. The zero-order chi connectivity index (χ0) is 11.0. The molecule has 0 heterocycles. The highest BCUT2D eigenvalue weighted by Gasteiger charge is 2.49. The normalized spacial score (nSPS) is 49.3. The lowest BCUT2D eigenvalue weighted by Gasteiger charge is -2.48. The van der Waals surface area contributed by atoms with E-state index in [9.17, 15) is 15.3 Å². The quantitative estimate of drug-likeness (QED) is 0.630. The van der Waals surface area contributed by atoms with Crippen molar-refractivity contribution < 1.29 is 15.3 Å². The summed E-state index contributed by atoms with van der Waals surface area (Å²) in [4.78, 5) is 0. The standard InChI is InChI=1S/C11H22O3/c1-4-10(13)6-9(3,12)7-11(14,5-2)8-10/h12-14H,4-8H2,1-3H3. The largest absolute Gasteiger partial charge is 0.390 e. The van der Waals surface area contributed by atoms with Gasteiger partial charge in [-0.05, 0) is 19.8 Å². The van der Waals surface area contributed by atoms with E-state index in [1.54, 1.807) is 6.92 Å². The second-order valence-corrected chi connectivity index (χ2v) is 5.18. The Kier molecular flexibility index (Phi) is 2.96. The predicted octanol–water partition coefficient (Wildman–Crippen LogP) is 1.20. The fraction of sp³-hybridized carbons (Fsp3) is 1.00.